The van der Waals surface area contributed by atoms with E-state index in [0.717, 1.165) is 6.61 Å². The van der Waals surface area contributed by atoms with Crippen LogP contribution in [0.25, 0.3) is 0 Å². The maximum absolute atomic E-state index is 5.05. The summed E-state index contributed by atoms with van der Waals surface area (Å²) in [5.74, 6) is 0. The molecular weight excluding hydrogens is 104 g/mol. The molecule has 0 saturated carbocycles. The van der Waals surface area contributed by atoms with Crippen molar-refractivity contribution in [3.63, 3.8) is 0 Å². The van der Waals surface area contributed by atoms with Crippen LogP contribution in [-0.4, -0.2) is 25.7 Å². The van der Waals surface area contributed by atoms with Crippen molar-refractivity contribution in [2.75, 3.05) is 13.7 Å². The highest BCUT2D eigenvalue weighted by Crippen LogP contribution is 1.94. The van der Waals surface area contributed by atoms with Crippen LogP contribution in [0, 0.1) is 0 Å². The van der Waals surface area contributed by atoms with Crippen molar-refractivity contribution in [1.29, 1.82) is 0 Å². The van der Waals surface area contributed by atoms with Gasteiger partial charge in [0.25, 0.3) is 6.02 Å². The number of rotatable bonds is 0. The van der Waals surface area contributed by atoms with Gasteiger partial charge in [-0.3, -0.25) is 0 Å². The molecule has 1 aliphatic heterocycles. The second-order valence-electron chi connectivity index (χ2n) is 1.89. The van der Waals surface area contributed by atoms with Crippen LogP contribution in [0.4, 0.5) is 0 Å². The van der Waals surface area contributed by atoms with Crippen LogP contribution in [0.5, 0.6) is 0 Å². The third kappa shape index (κ3) is 0.911. The minimum atomic E-state index is 0.425. The van der Waals surface area contributed by atoms with E-state index < -0.39 is 0 Å². The molecule has 0 aliphatic carbocycles. The summed E-state index contributed by atoms with van der Waals surface area (Å²) < 4.78 is 5.05. The van der Waals surface area contributed by atoms with E-state index in [1.54, 1.807) is 7.05 Å². The Balaban J connectivity index is 2.44. The summed E-state index contributed by atoms with van der Waals surface area (Å²) in [5.41, 5.74) is 0. The SMILES string of the molecule is CN=C1NC(C)CO1. The normalized spacial score (nSPS) is 32.2. The van der Waals surface area contributed by atoms with Crippen LogP contribution in [0.1, 0.15) is 6.92 Å². The van der Waals surface area contributed by atoms with E-state index in [0.29, 0.717) is 12.1 Å². The summed E-state index contributed by atoms with van der Waals surface area (Å²) in [6, 6.07) is 1.09. The van der Waals surface area contributed by atoms with Crippen molar-refractivity contribution in [2.24, 2.45) is 4.99 Å². The fraction of sp³-hybridized carbons (Fsp3) is 0.800. The number of aliphatic imine (C=N–C) groups is 1. The largest absolute Gasteiger partial charge is 0.463 e. The van der Waals surface area contributed by atoms with Gasteiger partial charge in [0, 0.05) is 7.05 Å². The molecule has 0 spiro atoms. The van der Waals surface area contributed by atoms with Gasteiger partial charge >= 0.3 is 0 Å². The molecule has 1 rings (SSSR count). The number of ether oxygens (including phenoxy) is 1. The Morgan fingerprint density at radius 1 is 1.88 bits per heavy atom. The molecule has 1 atom stereocenters. The fourth-order valence-electron chi connectivity index (χ4n) is 0.627. The Bertz CT molecular complexity index is 111. The van der Waals surface area contributed by atoms with E-state index in [-0.39, 0.29) is 0 Å². The van der Waals surface area contributed by atoms with Crippen LogP contribution in [0.2, 0.25) is 0 Å². The predicted octanol–water partition coefficient (Wildman–Crippen LogP) is -0.0195. The van der Waals surface area contributed by atoms with Crippen molar-refractivity contribution in [3.8, 4) is 0 Å². The van der Waals surface area contributed by atoms with E-state index in [2.05, 4.69) is 17.2 Å². The summed E-state index contributed by atoms with van der Waals surface area (Å²) in [6.07, 6.45) is 0. The van der Waals surface area contributed by atoms with Gasteiger partial charge in [0.15, 0.2) is 0 Å². The fourth-order valence-corrected chi connectivity index (χ4v) is 0.627. The Morgan fingerprint density at radius 2 is 2.62 bits per heavy atom. The van der Waals surface area contributed by atoms with Crippen LogP contribution >= 0.6 is 0 Å². The van der Waals surface area contributed by atoms with Crippen molar-refractivity contribution < 1.29 is 4.74 Å². The summed E-state index contributed by atoms with van der Waals surface area (Å²) in [6.45, 7) is 2.80. The van der Waals surface area contributed by atoms with Crippen LogP contribution in [0.3, 0.4) is 0 Å². The van der Waals surface area contributed by atoms with Gasteiger partial charge in [0.2, 0.25) is 0 Å². The van der Waals surface area contributed by atoms with Crippen LogP contribution in [-0.2, 0) is 4.74 Å². The average Bonchev–Trinajstić information content (AvgIpc) is 2.14. The molecule has 0 bridgehead atoms. The quantitative estimate of drug-likeness (QED) is 0.480. The molecule has 3 heteroatoms. The monoisotopic (exact) mass is 114 g/mol. The van der Waals surface area contributed by atoms with Crippen LogP contribution in [0.15, 0.2) is 4.99 Å². The lowest BCUT2D eigenvalue weighted by molar-refractivity contribution is 0.331. The molecule has 1 fully saturated rings. The number of nitrogens with one attached hydrogen (secondary N) is 1. The molecule has 1 N–H and O–H groups in total. The van der Waals surface area contributed by atoms with Gasteiger partial charge in [-0.05, 0) is 6.92 Å². The van der Waals surface area contributed by atoms with Gasteiger partial charge in [-0.15, -0.1) is 0 Å². The molecule has 0 radical (unpaired) electrons. The molecule has 1 aliphatic rings. The first-order chi connectivity index (χ1) is 3.83. The standard InChI is InChI=1S/C5H10N2O/c1-4-3-8-5(6-2)7-4/h4H,3H2,1-2H3,(H,6,7). The van der Waals surface area contributed by atoms with E-state index in [1.807, 2.05) is 0 Å². The first-order valence-corrected chi connectivity index (χ1v) is 2.69. The molecule has 1 heterocycles. The van der Waals surface area contributed by atoms with E-state index in [9.17, 15) is 0 Å². The van der Waals surface area contributed by atoms with Gasteiger partial charge in [0.05, 0.1) is 6.04 Å². The molecule has 46 valence electrons. The second kappa shape index (κ2) is 2.03. The molecule has 0 aromatic carbocycles. The van der Waals surface area contributed by atoms with Crippen molar-refractivity contribution in [2.45, 2.75) is 13.0 Å². The average molecular weight is 114 g/mol. The van der Waals surface area contributed by atoms with Gasteiger partial charge in [-0.2, -0.15) is 0 Å². The first kappa shape index (κ1) is 5.41. The number of amidine groups is 1. The highest BCUT2D eigenvalue weighted by molar-refractivity contribution is 5.75. The van der Waals surface area contributed by atoms with Gasteiger partial charge in [-0.25, -0.2) is 4.99 Å². The third-order valence-corrected chi connectivity index (χ3v) is 1.04. The van der Waals surface area contributed by atoms with Gasteiger partial charge in [-0.1, -0.05) is 0 Å². The van der Waals surface area contributed by atoms with Gasteiger partial charge in [0.1, 0.15) is 6.61 Å². The first-order valence-electron chi connectivity index (χ1n) is 2.69. The number of hydrogen-bond acceptors (Lipinski definition) is 2. The minimum Gasteiger partial charge on any atom is -0.463 e. The zero-order chi connectivity index (χ0) is 5.98. The zero-order valence-electron chi connectivity index (χ0n) is 5.14. The molecule has 1 unspecified atom stereocenters. The van der Waals surface area contributed by atoms with Gasteiger partial charge < -0.3 is 10.1 Å². The zero-order valence-corrected chi connectivity index (χ0v) is 5.14. The Kier molecular flexibility index (Phi) is 1.37. The minimum absolute atomic E-state index is 0.425. The Hall–Kier alpha value is -0.730. The number of hydrogen-bond donors (Lipinski definition) is 1. The molecule has 0 amide bonds. The lowest BCUT2D eigenvalue weighted by atomic mass is 10.4. The maximum atomic E-state index is 5.05. The van der Waals surface area contributed by atoms with Crippen molar-refractivity contribution in [1.82, 2.24) is 5.32 Å². The van der Waals surface area contributed by atoms with Crippen molar-refractivity contribution >= 4 is 6.02 Å². The van der Waals surface area contributed by atoms with E-state index >= 15 is 0 Å². The van der Waals surface area contributed by atoms with Crippen LogP contribution < -0.4 is 5.32 Å². The molecule has 1 saturated heterocycles. The molecule has 0 aromatic heterocycles. The third-order valence-electron chi connectivity index (χ3n) is 1.04. The smallest absolute Gasteiger partial charge is 0.284 e. The van der Waals surface area contributed by atoms with Crippen molar-refractivity contribution in [3.05, 3.63) is 0 Å². The summed E-state index contributed by atoms with van der Waals surface area (Å²) in [4.78, 5) is 3.82. The maximum Gasteiger partial charge on any atom is 0.284 e. The number of nitrogens with zero attached hydrogens (tertiary/aromatic N) is 1. The molecule has 3 nitrogen and oxygen atoms in total. The highest BCUT2D eigenvalue weighted by Gasteiger charge is 2.13. The van der Waals surface area contributed by atoms with E-state index in [4.69, 9.17) is 4.74 Å². The predicted molar refractivity (Wildman–Crippen MR) is 31.9 cm³/mol. The lowest BCUT2D eigenvalue weighted by Crippen LogP contribution is -2.23. The molecule has 0 aromatic rings. The molecule has 8 heavy (non-hydrogen) atoms. The topological polar surface area (TPSA) is 33.6 Å². The summed E-state index contributed by atoms with van der Waals surface area (Å²) in [7, 11) is 1.71. The highest BCUT2D eigenvalue weighted by atomic mass is 16.5. The Labute approximate surface area is 48.8 Å². The second-order valence-corrected chi connectivity index (χ2v) is 1.89. The lowest BCUT2D eigenvalue weighted by Gasteiger charge is -1.93. The Morgan fingerprint density at radius 3 is 2.88 bits per heavy atom. The summed E-state index contributed by atoms with van der Waals surface area (Å²) >= 11 is 0. The van der Waals surface area contributed by atoms with E-state index in [1.165, 1.54) is 0 Å². The molecular formula is C5H10N2O. The summed E-state index contributed by atoms with van der Waals surface area (Å²) in [5, 5.41) is 3.03.